The van der Waals surface area contributed by atoms with E-state index >= 15 is 0 Å². The van der Waals surface area contributed by atoms with Crippen LogP contribution in [-0.4, -0.2) is 29.3 Å². The van der Waals surface area contributed by atoms with Crippen molar-refractivity contribution in [2.75, 3.05) is 5.32 Å². The van der Waals surface area contributed by atoms with Gasteiger partial charge in [0.2, 0.25) is 0 Å². The smallest absolute Gasteiger partial charge is 0.428 e. The number of para-hydroxylation sites is 2. The second-order valence-corrected chi connectivity index (χ2v) is 5.22. The number of benzene rings is 1. The van der Waals surface area contributed by atoms with E-state index in [0.717, 1.165) is 18.2 Å². The quantitative estimate of drug-likeness (QED) is 0.578. The maximum absolute atomic E-state index is 13.4. The Morgan fingerprint density at radius 1 is 1.12 bits per heavy atom. The number of carbonyl (C=O) groups is 1. The number of amides is 1. The van der Waals surface area contributed by atoms with Crippen molar-refractivity contribution in [3.05, 3.63) is 53.3 Å². The minimum Gasteiger partial charge on any atom is -0.428 e. The molecule has 0 radical (unpaired) electrons. The first-order valence-corrected chi connectivity index (χ1v) is 7.18. The molecule has 140 valence electrons. The molecule has 2 rings (SSSR count). The van der Waals surface area contributed by atoms with E-state index in [1.54, 1.807) is 0 Å². The molecule has 0 bridgehead atoms. The van der Waals surface area contributed by atoms with E-state index in [1.165, 1.54) is 24.4 Å². The Kier molecular flexibility index (Phi) is 5.65. The molecule has 1 aromatic heterocycles. The minimum absolute atomic E-state index is 0.116. The Hall–Kier alpha value is -2.49. The monoisotopic (exact) mass is 398 g/mol. The Bertz CT molecular complexity index is 800. The second kappa shape index (κ2) is 7.40. The number of ether oxygens (including phenoxy) is 1. The summed E-state index contributed by atoms with van der Waals surface area (Å²) in [6.45, 7) is 0. The molecule has 0 spiro atoms. The maximum atomic E-state index is 13.4. The van der Waals surface area contributed by atoms with Crippen molar-refractivity contribution < 1.29 is 35.9 Å². The summed E-state index contributed by atoms with van der Waals surface area (Å²) in [5, 5.41) is 1.96. The standard InChI is InChI=1S/C15H9ClF6N2O2/c16-11-8(4-3-7-23-11)12(25)24-9-5-1-2-6-10(9)26-15(21,22)13(17)14(18,19)20/h1-7,13H,(H,24,25). The fourth-order valence-corrected chi connectivity index (χ4v) is 2.00. The van der Waals surface area contributed by atoms with Crippen LogP contribution < -0.4 is 10.1 Å². The highest BCUT2D eigenvalue weighted by atomic mass is 35.5. The van der Waals surface area contributed by atoms with E-state index in [0.29, 0.717) is 0 Å². The summed E-state index contributed by atoms with van der Waals surface area (Å²) in [6.07, 6.45) is -14.3. The minimum atomic E-state index is -5.83. The average molecular weight is 399 g/mol. The van der Waals surface area contributed by atoms with Crippen LogP contribution in [0.4, 0.5) is 32.0 Å². The Balaban J connectivity index is 2.26. The lowest BCUT2D eigenvalue weighted by Gasteiger charge is -2.24. The largest absolute Gasteiger partial charge is 0.439 e. The van der Waals surface area contributed by atoms with Crippen LogP contribution in [0, 0.1) is 0 Å². The third-order valence-corrected chi connectivity index (χ3v) is 3.27. The number of nitrogens with zero attached hydrogens (tertiary/aromatic N) is 1. The number of anilines is 1. The number of hydrogen-bond acceptors (Lipinski definition) is 3. The zero-order chi connectivity index (χ0) is 19.5. The molecule has 2 aromatic rings. The molecule has 0 aliphatic carbocycles. The van der Waals surface area contributed by atoms with Crippen molar-refractivity contribution in [1.82, 2.24) is 4.98 Å². The molecule has 4 nitrogen and oxygen atoms in total. The highest BCUT2D eigenvalue weighted by molar-refractivity contribution is 6.33. The molecule has 1 unspecified atom stereocenters. The predicted molar refractivity (Wildman–Crippen MR) is 80.2 cm³/mol. The van der Waals surface area contributed by atoms with Gasteiger partial charge < -0.3 is 10.1 Å². The van der Waals surface area contributed by atoms with Crippen LogP contribution in [0.15, 0.2) is 42.6 Å². The van der Waals surface area contributed by atoms with E-state index in [1.807, 2.05) is 0 Å². The zero-order valence-corrected chi connectivity index (χ0v) is 13.3. The Morgan fingerprint density at radius 2 is 1.77 bits per heavy atom. The molecular weight excluding hydrogens is 390 g/mol. The summed E-state index contributed by atoms with van der Waals surface area (Å²) >= 11 is 5.73. The molecule has 0 saturated carbocycles. The normalized spacial score (nSPS) is 13.2. The number of carbonyl (C=O) groups excluding carboxylic acids is 1. The fraction of sp³-hybridized carbons (Fsp3) is 0.200. The fourth-order valence-electron chi connectivity index (χ4n) is 1.79. The molecule has 26 heavy (non-hydrogen) atoms. The lowest BCUT2D eigenvalue weighted by Crippen LogP contribution is -2.45. The van der Waals surface area contributed by atoms with Gasteiger partial charge in [-0.05, 0) is 24.3 Å². The van der Waals surface area contributed by atoms with Crippen LogP contribution in [0.5, 0.6) is 5.75 Å². The van der Waals surface area contributed by atoms with Gasteiger partial charge in [-0.3, -0.25) is 4.79 Å². The SMILES string of the molecule is O=C(Nc1ccccc1OC(F)(F)C(F)C(F)(F)F)c1cccnc1Cl. The lowest BCUT2D eigenvalue weighted by atomic mass is 10.2. The van der Waals surface area contributed by atoms with Crippen LogP contribution in [-0.2, 0) is 0 Å². The average Bonchev–Trinajstić information content (AvgIpc) is 2.55. The number of nitrogens with one attached hydrogen (secondary N) is 1. The first-order chi connectivity index (χ1) is 12.0. The summed E-state index contributed by atoms with van der Waals surface area (Å²) < 4.78 is 80.3. The summed E-state index contributed by atoms with van der Waals surface area (Å²) in [6, 6.07) is 7.03. The summed E-state index contributed by atoms with van der Waals surface area (Å²) in [4.78, 5) is 15.8. The number of halogens is 7. The van der Waals surface area contributed by atoms with Gasteiger partial charge in [0.1, 0.15) is 10.9 Å². The van der Waals surface area contributed by atoms with Crippen LogP contribution in [0.25, 0.3) is 0 Å². The molecule has 1 amide bonds. The Labute approximate surface area is 147 Å². The van der Waals surface area contributed by atoms with Gasteiger partial charge in [-0.15, -0.1) is 0 Å². The molecule has 0 saturated heterocycles. The van der Waals surface area contributed by atoms with Gasteiger partial charge in [-0.25, -0.2) is 9.37 Å². The van der Waals surface area contributed by atoms with Crippen LogP contribution >= 0.6 is 11.6 Å². The molecule has 0 aliphatic rings. The van der Waals surface area contributed by atoms with Gasteiger partial charge in [-0.2, -0.15) is 22.0 Å². The molecule has 0 fully saturated rings. The van der Waals surface area contributed by atoms with Gasteiger partial charge in [0.15, 0.2) is 0 Å². The highest BCUT2D eigenvalue weighted by Gasteiger charge is 2.59. The molecule has 0 aliphatic heterocycles. The van der Waals surface area contributed by atoms with Gasteiger partial charge in [0.05, 0.1) is 11.3 Å². The van der Waals surface area contributed by atoms with Gasteiger partial charge in [0, 0.05) is 6.20 Å². The molecule has 1 heterocycles. The van der Waals surface area contributed by atoms with Crippen molar-refractivity contribution >= 4 is 23.2 Å². The molecule has 11 heteroatoms. The van der Waals surface area contributed by atoms with Gasteiger partial charge >= 0.3 is 12.3 Å². The third-order valence-electron chi connectivity index (χ3n) is 2.97. The van der Waals surface area contributed by atoms with Crippen LogP contribution in [0.1, 0.15) is 10.4 Å². The summed E-state index contributed by atoms with van der Waals surface area (Å²) in [5.41, 5.74) is -0.527. The highest BCUT2D eigenvalue weighted by Crippen LogP contribution is 2.38. The van der Waals surface area contributed by atoms with Crippen LogP contribution in [0.3, 0.4) is 0 Å². The summed E-state index contributed by atoms with van der Waals surface area (Å²) in [5.74, 6) is -1.74. The number of rotatable bonds is 5. The van der Waals surface area contributed by atoms with E-state index in [2.05, 4.69) is 15.0 Å². The molecule has 1 N–H and O–H groups in total. The lowest BCUT2D eigenvalue weighted by molar-refractivity contribution is -0.304. The van der Waals surface area contributed by atoms with Crippen molar-refractivity contribution in [3.8, 4) is 5.75 Å². The van der Waals surface area contributed by atoms with Gasteiger partial charge in [-0.1, -0.05) is 23.7 Å². The predicted octanol–water partition coefficient (Wildman–Crippen LogP) is 4.86. The Morgan fingerprint density at radius 3 is 2.38 bits per heavy atom. The van der Waals surface area contributed by atoms with Crippen molar-refractivity contribution in [3.63, 3.8) is 0 Å². The number of hydrogen-bond donors (Lipinski definition) is 1. The topological polar surface area (TPSA) is 51.2 Å². The van der Waals surface area contributed by atoms with E-state index < -0.39 is 35.8 Å². The number of pyridine rings is 1. The molecule has 1 atom stereocenters. The second-order valence-electron chi connectivity index (χ2n) is 4.86. The first kappa shape index (κ1) is 19.8. The van der Waals surface area contributed by atoms with Crippen molar-refractivity contribution in [1.29, 1.82) is 0 Å². The van der Waals surface area contributed by atoms with Gasteiger partial charge in [0.25, 0.3) is 12.1 Å². The van der Waals surface area contributed by atoms with E-state index in [9.17, 15) is 31.1 Å². The molecular formula is C15H9ClF6N2O2. The maximum Gasteiger partial charge on any atom is 0.439 e. The zero-order valence-electron chi connectivity index (χ0n) is 12.5. The first-order valence-electron chi connectivity index (χ1n) is 6.81. The number of alkyl halides is 6. The van der Waals surface area contributed by atoms with E-state index in [-0.39, 0.29) is 10.7 Å². The third kappa shape index (κ3) is 4.57. The summed E-state index contributed by atoms with van der Waals surface area (Å²) in [7, 11) is 0. The van der Waals surface area contributed by atoms with Crippen molar-refractivity contribution in [2.45, 2.75) is 18.5 Å². The number of aromatic nitrogens is 1. The van der Waals surface area contributed by atoms with Crippen LogP contribution in [0.2, 0.25) is 5.15 Å². The van der Waals surface area contributed by atoms with E-state index in [4.69, 9.17) is 11.6 Å². The van der Waals surface area contributed by atoms with Crippen molar-refractivity contribution in [2.24, 2.45) is 0 Å². The molecule has 1 aromatic carbocycles.